The molecule has 4 aromatic rings. The SMILES string of the molecule is CCOC(OCC)(P=O)c1ccc2c(C#N)c(CP(=O)(OCC)OCC)ccc2c1C#N.N#Cc1c(CBr)ccc2c(C#N)c(CBr)ccc12. The molecule has 0 heterocycles. The van der Waals surface area contributed by atoms with Gasteiger partial charge in [-0.15, -0.1) is 0 Å². The number of nitriles is 4. The fourth-order valence-corrected chi connectivity index (χ4v) is 8.81. The summed E-state index contributed by atoms with van der Waals surface area (Å²) in [5.41, 5.74) is 2.79. The van der Waals surface area contributed by atoms with Gasteiger partial charge in [0, 0.05) is 51.0 Å². The number of nitrogens with zero attached hydrogens (tertiary/aromatic N) is 4. The molecule has 0 aliphatic carbocycles. The van der Waals surface area contributed by atoms with Gasteiger partial charge in [-0.2, -0.15) is 21.0 Å². The third-order valence-corrected chi connectivity index (χ3v) is 11.5. The molecule has 0 N–H and O–H groups in total. The second-order valence-corrected chi connectivity index (χ2v) is 14.3. The number of ether oxygens (including phenoxy) is 2. The highest BCUT2D eigenvalue weighted by atomic mass is 79.9. The van der Waals surface area contributed by atoms with Crippen LogP contribution in [0.2, 0.25) is 0 Å². The third-order valence-electron chi connectivity index (χ3n) is 7.55. The van der Waals surface area contributed by atoms with E-state index >= 15 is 0 Å². The Labute approximate surface area is 310 Å². The normalized spacial score (nSPS) is 11.3. The van der Waals surface area contributed by atoms with Crippen LogP contribution in [0.25, 0.3) is 21.5 Å². The molecular weight excluding hydrogens is 806 g/mol. The van der Waals surface area contributed by atoms with E-state index < -0.39 is 21.6 Å². The van der Waals surface area contributed by atoms with Gasteiger partial charge in [-0.25, -0.2) is 0 Å². The molecule has 0 radical (unpaired) electrons. The molecule has 0 fully saturated rings. The Morgan fingerprint density at radius 2 is 1.00 bits per heavy atom. The highest BCUT2D eigenvalue weighted by molar-refractivity contribution is 9.08. The van der Waals surface area contributed by atoms with Crippen molar-refractivity contribution in [2.75, 3.05) is 26.4 Å². The van der Waals surface area contributed by atoms with Crippen molar-refractivity contribution in [3.8, 4) is 24.3 Å². The first-order chi connectivity index (χ1) is 24.1. The van der Waals surface area contributed by atoms with E-state index in [1.54, 1.807) is 52.0 Å². The molecule has 0 aliphatic rings. The first-order valence-corrected chi connectivity index (χ1v) is 20.3. The van der Waals surface area contributed by atoms with Crippen LogP contribution in [-0.2, 0) is 50.0 Å². The molecule has 14 heteroatoms. The molecule has 0 aromatic heterocycles. The van der Waals surface area contributed by atoms with Gasteiger partial charge in [-0.3, -0.25) is 9.13 Å². The standard InChI is InChI=1S/C22H26N2O6P2.C14H8Br2N2/c1-5-27-22(31-25,28-6-2)21-12-11-17-18(20(21)14-24)10-9-16(19(17)13-23)15-32(26,29-7-3)30-8-4;15-5-9-1-3-11-12(13(9)7-17)4-2-10(6-16)14(11)8-18/h9-12H,5-8,15H2,1-4H3;1-4H,5-6H2. The zero-order valence-corrected chi connectivity index (χ0v) is 32.9. The van der Waals surface area contributed by atoms with Gasteiger partial charge >= 0.3 is 7.60 Å². The average molecular weight is 840 g/mol. The summed E-state index contributed by atoms with van der Waals surface area (Å²) in [6, 6.07) is 22.9. The number of rotatable bonds is 14. The summed E-state index contributed by atoms with van der Waals surface area (Å²) in [4.78, 5) is 0. The molecule has 0 saturated carbocycles. The summed E-state index contributed by atoms with van der Waals surface area (Å²) >= 11 is 6.75. The lowest BCUT2D eigenvalue weighted by Gasteiger charge is -2.28. The van der Waals surface area contributed by atoms with E-state index in [4.69, 9.17) is 18.5 Å². The Kier molecular flexibility index (Phi) is 15.7. The van der Waals surface area contributed by atoms with E-state index in [-0.39, 0.29) is 43.7 Å². The maximum Gasteiger partial charge on any atom is 0.335 e. The number of fused-ring (bicyclic) bond motifs is 2. The molecule has 0 atom stereocenters. The molecule has 0 unspecified atom stereocenters. The Morgan fingerprint density at radius 1 is 0.620 bits per heavy atom. The topological polar surface area (TPSA) is 166 Å². The average Bonchev–Trinajstić information content (AvgIpc) is 3.13. The van der Waals surface area contributed by atoms with E-state index in [0.717, 1.165) is 21.9 Å². The zero-order valence-electron chi connectivity index (χ0n) is 28.0. The van der Waals surface area contributed by atoms with Crippen LogP contribution in [0.5, 0.6) is 0 Å². The maximum atomic E-state index is 13.0. The number of benzene rings is 4. The smallest absolute Gasteiger partial charge is 0.335 e. The van der Waals surface area contributed by atoms with Crippen molar-refractivity contribution >= 4 is 69.5 Å². The van der Waals surface area contributed by atoms with E-state index in [1.807, 2.05) is 24.3 Å². The van der Waals surface area contributed by atoms with Gasteiger partial charge in [0.1, 0.15) is 24.3 Å². The summed E-state index contributed by atoms with van der Waals surface area (Å²) in [7, 11) is -3.89. The van der Waals surface area contributed by atoms with Crippen molar-refractivity contribution < 1.29 is 27.7 Å². The molecule has 10 nitrogen and oxygen atoms in total. The Hall–Kier alpha value is -3.51. The molecular formula is C36H34Br2N4O6P2. The number of halogens is 2. The summed E-state index contributed by atoms with van der Waals surface area (Å²) < 4.78 is 47.2. The van der Waals surface area contributed by atoms with Gasteiger partial charge in [0.05, 0.1) is 41.6 Å². The minimum absolute atomic E-state index is 0.0713. The first kappa shape index (κ1) is 40.9. The molecule has 50 heavy (non-hydrogen) atoms. The van der Waals surface area contributed by atoms with Gasteiger partial charge in [0.25, 0.3) is 5.53 Å². The molecule has 4 rings (SSSR count). The largest absolute Gasteiger partial charge is 0.337 e. The summed E-state index contributed by atoms with van der Waals surface area (Å²) in [6.45, 7) is 7.75. The van der Waals surface area contributed by atoms with Gasteiger partial charge in [-0.05, 0) is 44.4 Å². The van der Waals surface area contributed by atoms with Crippen LogP contribution in [0, 0.1) is 45.3 Å². The molecule has 0 spiro atoms. The molecule has 0 aliphatic heterocycles. The minimum atomic E-state index is -3.44. The Balaban J connectivity index is 0.000000316. The number of alkyl halides is 2. The fourth-order valence-electron chi connectivity index (χ4n) is 5.50. The van der Waals surface area contributed by atoms with Crippen LogP contribution >= 0.6 is 47.9 Å². The second-order valence-electron chi connectivity index (χ2n) is 10.3. The molecule has 0 bridgehead atoms. The molecule has 4 aromatic carbocycles. The fraction of sp³-hybridized carbons (Fsp3) is 0.333. The van der Waals surface area contributed by atoms with Crippen LogP contribution in [0.1, 0.15) is 72.2 Å². The van der Waals surface area contributed by atoms with Crippen molar-refractivity contribution in [1.29, 1.82) is 21.0 Å². The van der Waals surface area contributed by atoms with E-state index in [1.165, 1.54) is 0 Å². The van der Waals surface area contributed by atoms with Crippen LogP contribution in [0.15, 0.2) is 48.5 Å². The van der Waals surface area contributed by atoms with E-state index in [9.17, 15) is 30.2 Å². The van der Waals surface area contributed by atoms with E-state index in [2.05, 4.69) is 56.1 Å². The Bertz CT molecular complexity index is 2020. The quantitative estimate of drug-likeness (QED) is 0.0677. The highest BCUT2D eigenvalue weighted by Crippen LogP contribution is 2.52. The third kappa shape index (κ3) is 8.67. The van der Waals surface area contributed by atoms with Crippen molar-refractivity contribution in [2.45, 2.75) is 50.0 Å². The second kappa shape index (κ2) is 19.2. The van der Waals surface area contributed by atoms with Crippen LogP contribution in [0.4, 0.5) is 0 Å². The summed E-state index contributed by atoms with van der Waals surface area (Å²) in [6.07, 6.45) is -0.0713. The summed E-state index contributed by atoms with van der Waals surface area (Å²) in [5, 5.41) is 42.3. The lowest BCUT2D eigenvalue weighted by molar-refractivity contribution is -0.176. The number of hydrogen-bond acceptors (Lipinski definition) is 10. The number of hydrogen-bond donors (Lipinski definition) is 0. The van der Waals surface area contributed by atoms with Gasteiger partial charge in [0.15, 0.2) is 0 Å². The lowest BCUT2D eigenvalue weighted by Crippen LogP contribution is -2.28. The zero-order chi connectivity index (χ0) is 36.9. The van der Waals surface area contributed by atoms with Gasteiger partial charge in [-0.1, -0.05) is 80.4 Å². The predicted octanol–water partition coefficient (Wildman–Crippen LogP) is 10.2. The lowest BCUT2D eigenvalue weighted by atomic mass is 9.94. The van der Waals surface area contributed by atoms with E-state index in [0.29, 0.717) is 43.7 Å². The van der Waals surface area contributed by atoms with Gasteiger partial charge in [0.2, 0.25) is 8.46 Å². The van der Waals surface area contributed by atoms with Gasteiger partial charge < -0.3 is 18.5 Å². The molecule has 0 saturated heterocycles. The molecule has 258 valence electrons. The van der Waals surface area contributed by atoms with Crippen molar-refractivity contribution in [3.63, 3.8) is 0 Å². The monoisotopic (exact) mass is 838 g/mol. The van der Waals surface area contributed by atoms with Crippen LogP contribution < -0.4 is 0 Å². The minimum Gasteiger partial charge on any atom is -0.337 e. The van der Waals surface area contributed by atoms with Crippen molar-refractivity contribution in [2.24, 2.45) is 0 Å². The Morgan fingerprint density at radius 3 is 1.36 bits per heavy atom. The van der Waals surface area contributed by atoms with Crippen molar-refractivity contribution in [3.05, 3.63) is 93.0 Å². The first-order valence-electron chi connectivity index (χ1n) is 15.5. The highest BCUT2D eigenvalue weighted by Gasteiger charge is 2.38. The molecule has 0 amide bonds. The van der Waals surface area contributed by atoms with Crippen LogP contribution in [-0.4, -0.2) is 26.4 Å². The predicted molar refractivity (Wildman–Crippen MR) is 199 cm³/mol. The van der Waals surface area contributed by atoms with Crippen molar-refractivity contribution in [1.82, 2.24) is 0 Å². The van der Waals surface area contributed by atoms with Crippen LogP contribution in [0.3, 0.4) is 0 Å². The summed E-state index contributed by atoms with van der Waals surface area (Å²) in [5.74, 6) is 0. The maximum absolute atomic E-state index is 13.0.